The molecular formula is C13H22N4O2. The van der Waals surface area contributed by atoms with Gasteiger partial charge in [-0.25, -0.2) is 0 Å². The molecule has 2 atom stereocenters. The molecular weight excluding hydrogens is 244 g/mol. The van der Waals surface area contributed by atoms with E-state index in [4.69, 9.17) is 9.26 Å². The molecule has 0 aromatic carbocycles. The van der Waals surface area contributed by atoms with Crippen molar-refractivity contribution in [2.24, 2.45) is 0 Å². The number of nitrogens with zero attached hydrogens (tertiary/aromatic N) is 3. The maximum absolute atomic E-state index is 5.71. The average molecular weight is 266 g/mol. The molecule has 2 aliphatic rings. The summed E-state index contributed by atoms with van der Waals surface area (Å²) < 4.78 is 11.1. The highest BCUT2D eigenvalue weighted by Gasteiger charge is 2.26. The van der Waals surface area contributed by atoms with Crippen molar-refractivity contribution in [1.82, 2.24) is 20.4 Å². The molecule has 2 unspecified atom stereocenters. The monoisotopic (exact) mass is 266 g/mol. The minimum Gasteiger partial charge on any atom is -0.367 e. The summed E-state index contributed by atoms with van der Waals surface area (Å²) in [6.07, 6.45) is 4.75. The van der Waals surface area contributed by atoms with E-state index < -0.39 is 0 Å². The zero-order chi connectivity index (χ0) is 13.1. The Morgan fingerprint density at radius 3 is 3.16 bits per heavy atom. The van der Waals surface area contributed by atoms with Gasteiger partial charge in [0, 0.05) is 13.1 Å². The molecule has 0 spiro atoms. The molecule has 6 nitrogen and oxygen atoms in total. The third-order valence-electron chi connectivity index (χ3n) is 3.87. The van der Waals surface area contributed by atoms with Crippen LogP contribution in [0.4, 0.5) is 0 Å². The SMILES string of the molecule is CN1CCOC(c2noc(C3CCCCCN3)n2)C1. The van der Waals surface area contributed by atoms with Crippen LogP contribution in [0.5, 0.6) is 0 Å². The highest BCUT2D eigenvalue weighted by molar-refractivity contribution is 4.98. The van der Waals surface area contributed by atoms with E-state index in [0.29, 0.717) is 11.7 Å². The quantitative estimate of drug-likeness (QED) is 0.870. The van der Waals surface area contributed by atoms with Crippen LogP contribution in [-0.2, 0) is 4.74 Å². The number of hydrogen-bond acceptors (Lipinski definition) is 6. The Morgan fingerprint density at radius 2 is 2.26 bits per heavy atom. The molecule has 3 heterocycles. The van der Waals surface area contributed by atoms with E-state index in [1.54, 1.807) is 0 Å². The highest BCUT2D eigenvalue weighted by Crippen LogP contribution is 2.24. The summed E-state index contributed by atoms with van der Waals surface area (Å²) in [4.78, 5) is 6.77. The summed E-state index contributed by atoms with van der Waals surface area (Å²) in [6.45, 7) is 3.56. The molecule has 0 aliphatic carbocycles. The van der Waals surface area contributed by atoms with Crippen molar-refractivity contribution in [2.75, 3.05) is 33.3 Å². The number of rotatable bonds is 2. The van der Waals surface area contributed by atoms with Crippen molar-refractivity contribution in [3.8, 4) is 0 Å². The second-order valence-electron chi connectivity index (χ2n) is 5.47. The van der Waals surface area contributed by atoms with E-state index in [1.807, 2.05) is 0 Å². The van der Waals surface area contributed by atoms with Gasteiger partial charge in [0.1, 0.15) is 6.10 Å². The minimum atomic E-state index is -0.0537. The van der Waals surface area contributed by atoms with Crippen LogP contribution in [0.1, 0.15) is 49.5 Å². The Hall–Kier alpha value is -0.980. The second-order valence-corrected chi connectivity index (χ2v) is 5.47. The average Bonchev–Trinajstić information content (AvgIpc) is 2.75. The van der Waals surface area contributed by atoms with Crippen molar-refractivity contribution in [1.29, 1.82) is 0 Å². The van der Waals surface area contributed by atoms with Crippen LogP contribution in [0.15, 0.2) is 4.52 Å². The lowest BCUT2D eigenvalue weighted by atomic mass is 10.1. The van der Waals surface area contributed by atoms with Crippen LogP contribution in [0.2, 0.25) is 0 Å². The lowest BCUT2D eigenvalue weighted by Gasteiger charge is -2.27. The van der Waals surface area contributed by atoms with E-state index >= 15 is 0 Å². The molecule has 19 heavy (non-hydrogen) atoms. The van der Waals surface area contributed by atoms with Crippen molar-refractivity contribution in [3.05, 3.63) is 11.7 Å². The highest BCUT2D eigenvalue weighted by atomic mass is 16.5. The van der Waals surface area contributed by atoms with Gasteiger partial charge in [0.25, 0.3) is 0 Å². The number of nitrogens with one attached hydrogen (secondary N) is 1. The summed E-state index contributed by atoms with van der Waals surface area (Å²) in [5.74, 6) is 1.40. The van der Waals surface area contributed by atoms with Gasteiger partial charge in [0.15, 0.2) is 0 Å². The van der Waals surface area contributed by atoms with Crippen molar-refractivity contribution < 1.29 is 9.26 Å². The zero-order valence-electron chi connectivity index (χ0n) is 11.5. The lowest BCUT2D eigenvalue weighted by Crippen LogP contribution is -2.35. The van der Waals surface area contributed by atoms with Gasteiger partial charge in [-0.3, -0.25) is 0 Å². The van der Waals surface area contributed by atoms with Gasteiger partial charge in [-0.1, -0.05) is 18.0 Å². The standard InChI is InChI=1S/C13H22N4O2/c1-17-7-8-18-11(9-17)12-15-13(19-16-12)10-5-3-2-4-6-14-10/h10-11,14H,2-9H2,1H3. The molecule has 106 valence electrons. The van der Waals surface area contributed by atoms with E-state index in [-0.39, 0.29) is 12.1 Å². The van der Waals surface area contributed by atoms with Crippen LogP contribution in [0, 0.1) is 0 Å². The first-order valence-electron chi connectivity index (χ1n) is 7.20. The van der Waals surface area contributed by atoms with Gasteiger partial charge in [-0.05, 0) is 26.4 Å². The molecule has 1 aromatic rings. The predicted octanol–water partition coefficient (Wildman–Crippen LogP) is 1.28. The van der Waals surface area contributed by atoms with Gasteiger partial charge in [-0.15, -0.1) is 0 Å². The van der Waals surface area contributed by atoms with Crippen molar-refractivity contribution in [2.45, 2.75) is 37.8 Å². The topological polar surface area (TPSA) is 63.4 Å². The van der Waals surface area contributed by atoms with Gasteiger partial charge in [0.2, 0.25) is 11.7 Å². The Bertz CT molecular complexity index is 385. The van der Waals surface area contributed by atoms with Gasteiger partial charge < -0.3 is 19.5 Å². The first-order chi connectivity index (χ1) is 9.33. The van der Waals surface area contributed by atoms with Crippen molar-refractivity contribution >= 4 is 0 Å². The Morgan fingerprint density at radius 1 is 1.32 bits per heavy atom. The fraction of sp³-hybridized carbons (Fsp3) is 0.846. The number of morpholine rings is 1. The van der Waals surface area contributed by atoms with Crippen LogP contribution in [0.3, 0.4) is 0 Å². The first-order valence-corrected chi connectivity index (χ1v) is 7.20. The third kappa shape index (κ3) is 3.13. The molecule has 2 aliphatic heterocycles. The number of ether oxygens (including phenoxy) is 1. The van der Waals surface area contributed by atoms with E-state index in [9.17, 15) is 0 Å². The Labute approximate surface area is 113 Å². The van der Waals surface area contributed by atoms with E-state index in [0.717, 1.165) is 32.7 Å². The number of likely N-dealkylation sites (N-methyl/N-ethyl adjacent to an activating group) is 1. The second kappa shape index (κ2) is 5.98. The van der Waals surface area contributed by atoms with E-state index in [2.05, 4.69) is 27.4 Å². The summed E-state index contributed by atoms with van der Waals surface area (Å²) in [5, 5.41) is 7.58. The number of hydrogen-bond donors (Lipinski definition) is 1. The molecule has 0 saturated carbocycles. The first kappa shape index (κ1) is 13.0. The number of aromatic nitrogens is 2. The zero-order valence-corrected chi connectivity index (χ0v) is 11.5. The van der Waals surface area contributed by atoms with Crippen LogP contribution >= 0.6 is 0 Å². The van der Waals surface area contributed by atoms with E-state index in [1.165, 1.54) is 19.3 Å². The fourth-order valence-corrected chi connectivity index (χ4v) is 2.69. The smallest absolute Gasteiger partial charge is 0.243 e. The summed E-state index contributed by atoms with van der Waals surface area (Å²) in [5.41, 5.74) is 0. The molecule has 2 fully saturated rings. The van der Waals surface area contributed by atoms with Crippen molar-refractivity contribution in [3.63, 3.8) is 0 Å². The molecule has 0 bridgehead atoms. The van der Waals surface area contributed by atoms with Gasteiger partial charge in [0.05, 0.1) is 12.6 Å². The van der Waals surface area contributed by atoms with Gasteiger partial charge in [-0.2, -0.15) is 4.98 Å². The summed E-state index contributed by atoms with van der Waals surface area (Å²) >= 11 is 0. The lowest BCUT2D eigenvalue weighted by molar-refractivity contribution is -0.0264. The molecule has 0 radical (unpaired) electrons. The normalized spacial score (nSPS) is 30.2. The van der Waals surface area contributed by atoms with Crippen LogP contribution in [-0.4, -0.2) is 48.3 Å². The molecule has 2 saturated heterocycles. The molecule has 6 heteroatoms. The molecule has 1 N–H and O–H groups in total. The Balaban J connectivity index is 1.68. The molecule has 1 aromatic heterocycles. The predicted molar refractivity (Wildman–Crippen MR) is 69.7 cm³/mol. The minimum absolute atomic E-state index is 0.0537. The van der Waals surface area contributed by atoms with Crippen LogP contribution < -0.4 is 5.32 Å². The fourth-order valence-electron chi connectivity index (χ4n) is 2.69. The largest absolute Gasteiger partial charge is 0.367 e. The maximum atomic E-state index is 5.71. The summed E-state index contributed by atoms with van der Waals surface area (Å²) in [6, 6.07) is 0.213. The summed E-state index contributed by atoms with van der Waals surface area (Å²) in [7, 11) is 2.09. The Kier molecular flexibility index (Phi) is 4.10. The van der Waals surface area contributed by atoms with Crippen LogP contribution in [0.25, 0.3) is 0 Å². The maximum Gasteiger partial charge on any atom is 0.243 e. The molecule has 3 rings (SSSR count). The third-order valence-corrected chi connectivity index (χ3v) is 3.87. The van der Waals surface area contributed by atoms with Gasteiger partial charge >= 0.3 is 0 Å². The molecule has 0 amide bonds.